The van der Waals surface area contributed by atoms with Crippen LogP contribution in [0.4, 0.5) is 14.5 Å². The Kier molecular flexibility index (Phi) is 5.97. The highest BCUT2D eigenvalue weighted by molar-refractivity contribution is 5.99. The number of hydrogen-bond acceptors (Lipinski definition) is 5. The largest absolute Gasteiger partial charge is 0.465 e. The highest BCUT2D eigenvalue weighted by atomic mass is 19.3. The van der Waals surface area contributed by atoms with Gasteiger partial charge in [0.05, 0.1) is 5.69 Å². The second-order valence-corrected chi connectivity index (χ2v) is 5.63. The van der Waals surface area contributed by atoms with Crippen LogP contribution in [-0.4, -0.2) is 24.6 Å². The van der Waals surface area contributed by atoms with E-state index in [-0.39, 0.29) is 17.0 Å². The predicted octanol–water partition coefficient (Wildman–Crippen LogP) is 3.99. The van der Waals surface area contributed by atoms with Crippen molar-refractivity contribution < 1.29 is 32.3 Å². The van der Waals surface area contributed by atoms with Crippen LogP contribution >= 0.6 is 0 Å². The second kappa shape index (κ2) is 7.99. The number of ether oxygens (including phenoxy) is 2. The molecule has 1 aromatic carbocycles. The van der Waals surface area contributed by atoms with Crippen LogP contribution in [0, 0.1) is 20.8 Å². The Morgan fingerprint density at radius 3 is 2.35 bits per heavy atom. The summed E-state index contributed by atoms with van der Waals surface area (Å²) in [6.07, 6.45) is -1.16. The van der Waals surface area contributed by atoms with Gasteiger partial charge in [-0.05, 0) is 39.8 Å². The Morgan fingerprint density at radius 1 is 1.12 bits per heavy atom. The van der Waals surface area contributed by atoms with Crippen molar-refractivity contribution in [1.29, 1.82) is 0 Å². The molecule has 8 heteroatoms. The number of nitrogens with one attached hydrogen (secondary N) is 1. The Bertz CT molecular complexity index is 816. The minimum Gasteiger partial charge on any atom is -0.465 e. The summed E-state index contributed by atoms with van der Waals surface area (Å²) in [6.45, 7) is 3.40. The Morgan fingerprint density at radius 2 is 1.77 bits per heavy atom. The topological polar surface area (TPSA) is 77.8 Å². The van der Waals surface area contributed by atoms with E-state index in [4.69, 9.17) is 9.15 Å². The van der Waals surface area contributed by atoms with Gasteiger partial charge in [-0.1, -0.05) is 12.1 Å². The maximum atomic E-state index is 12.4. The third kappa shape index (κ3) is 4.38. The Hall–Kier alpha value is -2.90. The number of rotatable bonds is 6. The van der Waals surface area contributed by atoms with Crippen LogP contribution in [0.5, 0.6) is 5.75 Å². The van der Waals surface area contributed by atoms with Gasteiger partial charge in [-0.25, -0.2) is 4.79 Å². The SMILES string of the molecule is Cc1oc(C)c(C(=O)O[C@H](C)C(=O)Nc2ccccc2OC(F)F)c1C. The minimum atomic E-state index is -3.03. The first-order valence-corrected chi connectivity index (χ1v) is 7.83. The van der Waals surface area contributed by atoms with Crippen LogP contribution in [0.1, 0.15) is 34.4 Å². The molecule has 0 fully saturated rings. The summed E-state index contributed by atoms with van der Waals surface area (Å²) < 4.78 is 39.7. The molecule has 0 aliphatic carbocycles. The van der Waals surface area contributed by atoms with Gasteiger partial charge < -0.3 is 19.2 Å². The number of esters is 1. The number of benzene rings is 1. The standard InChI is InChI=1S/C18H19F2NO5/c1-9-10(2)24-11(3)15(9)17(23)25-12(4)16(22)21-13-7-5-6-8-14(13)26-18(19)20/h5-8,12,18H,1-4H3,(H,21,22)/t12-/m1/s1. The summed E-state index contributed by atoms with van der Waals surface area (Å²) >= 11 is 0. The van der Waals surface area contributed by atoms with Crippen molar-refractivity contribution in [2.75, 3.05) is 5.32 Å². The smallest absolute Gasteiger partial charge is 0.387 e. The average molecular weight is 367 g/mol. The lowest BCUT2D eigenvalue weighted by molar-refractivity contribution is -0.123. The predicted molar refractivity (Wildman–Crippen MR) is 89.5 cm³/mol. The lowest BCUT2D eigenvalue weighted by atomic mass is 10.1. The van der Waals surface area contributed by atoms with Crippen molar-refractivity contribution in [1.82, 2.24) is 0 Å². The molecule has 0 saturated heterocycles. The van der Waals surface area contributed by atoms with E-state index in [0.29, 0.717) is 17.1 Å². The van der Waals surface area contributed by atoms with Crippen LogP contribution in [0.3, 0.4) is 0 Å². The van der Waals surface area contributed by atoms with Crippen molar-refractivity contribution in [2.45, 2.75) is 40.4 Å². The van der Waals surface area contributed by atoms with Gasteiger partial charge in [-0.3, -0.25) is 4.79 Å². The van der Waals surface area contributed by atoms with Crippen LogP contribution in [0.2, 0.25) is 0 Å². The third-order valence-electron chi connectivity index (χ3n) is 3.78. The number of carbonyl (C=O) groups excluding carboxylic acids is 2. The number of aryl methyl sites for hydroxylation is 2. The summed E-state index contributed by atoms with van der Waals surface area (Å²) in [6, 6.07) is 5.73. The summed E-state index contributed by atoms with van der Waals surface area (Å²) in [4.78, 5) is 24.5. The third-order valence-corrected chi connectivity index (χ3v) is 3.78. The molecule has 26 heavy (non-hydrogen) atoms. The van der Waals surface area contributed by atoms with E-state index < -0.39 is 24.6 Å². The minimum absolute atomic E-state index is 0.0483. The molecule has 0 radical (unpaired) electrons. The molecule has 0 unspecified atom stereocenters. The van der Waals surface area contributed by atoms with Gasteiger partial charge in [-0.15, -0.1) is 0 Å². The van der Waals surface area contributed by atoms with Gasteiger partial charge in [-0.2, -0.15) is 8.78 Å². The van der Waals surface area contributed by atoms with Gasteiger partial charge in [0.15, 0.2) is 6.10 Å². The normalized spacial score (nSPS) is 12.0. The van der Waals surface area contributed by atoms with Crippen LogP contribution in [0.25, 0.3) is 0 Å². The highest BCUT2D eigenvalue weighted by Crippen LogP contribution is 2.26. The summed E-state index contributed by atoms with van der Waals surface area (Å²) in [7, 11) is 0. The zero-order chi connectivity index (χ0) is 19.4. The molecule has 2 rings (SSSR count). The number of furan rings is 1. The molecule has 0 aliphatic heterocycles. The maximum absolute atomic E-state index is 12.4. The zero-order valence-corrected chi connectivity index (χ0v) is 14.8. The number of amides is 1. The number of anilines is 1. The van der Waals surface area contributed by atoms with Gasteiger partial charge in [0.1, 0.15) is 22.8 Å². The fraction of sp³-hybridized carbons (Fsp3) is 0.333. The molecular weight excluding hydrogens is 348 g/mol. The number of halogens is 2. The van der Waals surface area contributed by atoms with E-state index in [0.717, 1.165) is 0 Å². The maximum Gasteiger partial charge on any atom is 0.387 e. The lowest BCUT2D eigenvalue weighted by Gasteiger charge is -2.15. The van der Waals surface area contributed by atoms with Crippen LogP contribution < -0.4 is 10.1 Å². The number of para-hydroxylation sites is 2. The molecule has 1 amide bonds. The van der Waals surface area contributed by atoms with Crippen molar-refractivity contribution in [3.8, 4) is 5.75 Å². The van der Waals surface area contributed by atoms with Crippen molar-refractivity contribution in [2.24, 2.45) is 0 Å². The van der Waals surface area contributed by atoms with Gasteiger partial charge in [0.25, 0.3) is 5.91 Å². The molecule has 140 valence electrons. The molecule has 0 bridgehead atoms. The van der Waals surface area contributed by atoms with E-state index in [9.17, 15) is 18.4 Å². The zero-order valence-electron chi connectivity index (χ0n) is 14.8. The average Bonchev–Trinajstić information content (AvgIpc) is 2.81. The Labute approximate surface area is 149 Å². The van der Waals surface area contributed by atoms with E-state index >= 15 is 0 Å². The number of hydrogen-bond donors (Lipinski definition) is 1. The van der Waals surface area contributed by atoms with Crippen LogP contribution in [-0.2, 0) is 9.53 Å². The Balaban J connectivity index is 2.08. The van der Waals surface area contributed by atoms with Gasteiger partial charge in [0.2, 0.25) is 0 Å². The molecule has 0 saturated carbocycles. The molecular formula is C18H19F2NO5. The molecule has 6 nitrogen and oxygen atoms in total. The van der Waals surface area contributed by atoms with E-state index in [1.165, 1.54) is 25.1 Å². The molecule has 0 spiro atoms. The summed E-state index contributed by atoms with van der Waals surface area (Å²) in [5, 5.41) is 2.41. The van der Waals surface area contributed by atoms with Crippen LogP contribution in [0.15, 0.2) is 28.7 Å². The quantitative estimate of drug-likeness (QED) is 0.781. The lowest BCUT2D eigenvalue weighted by Crippen LogP contribution is -2.30. The molecule has 1 atom stereocenters. The van der Waals surface area contributed by atoms with E-state index in [2.05, 4.69) is 10.1 Å². The van der Waals surface area contributed by atoms with Gasteiger partial charge >= 0.3 is 12.6 Å². The summed E-state index contributed by atoms with van der Waals surface area (Å²) in [5.41, 5.74) is 0.951. The summed E-state index contributed by atoms with van der Waals surface area (Å²) in [5.74, 6) is -0.583. The van der Waals surface area contributed by atoms with Crippen molar-refractivity contribution in [3.63, 3.8) is 0 Å². The van der Waals surface area contributed by atoms with Gasteiger partial charge in [0, 0.05) is 5.56 Å². The molecule has 1 heterocycles. The molecule has 1 N–H and O–H groups in total. The van der Waals surface area contributed by atoms with E-state index in [1.54, 1.807) is 26.8 Å². The fourth-order valence-electron chi connectivity index (χ4n) is 2.37. The molecule has 2 aromatic rings. The van der Waals surface area contributed by atoms with Crippen molar-refractivity contribution >= 4 is 17.6 Å². The van der Waals surface area contributed by atoms with E-state index in [1.807, 2.05) is 0 Å². The fourth-order valence-corrected chi connectivity index (χ4v) is 2.37. The molecule has 0 aliphatic rings. The molecule has 1 aromatic heterocycles. The van der Waals surface area contributed by atoms with Crippen molar-refractivity contribution in [3.05, 3.63) is 46.9 Å². The number of carbonyl (C=O) groups is 2. The number of alkyl halides is 2. The first kappa shape index (κ1) is 19.4. The first-order chi connectivity index (χ1) is 12.2. The first-order valence-electron chi connectivity index (χ1n) is 7.83. The monoisotopic (exact) mass is 367 g/mol. The second-order valence-electron chi connectivity index (χ2n) is 5.63. The highest BCUT2D eigenvalue weighted by Gasteiger charge is 2.25.